The first kappa shape index (κ1) is 32.4. The molecule has 0 bridgehead atoms. The normalized spacial score (nSPS) is 13.8. The second kappa shape index (κ2) is 12.5. The van der Waals surface area contributed by atoms with Crippen LogP contribution in [0.2, 0.25) is 0 Å². The Bertz CT molecular complexity index is 2280. The van der Waals surface area contributed by atoms with Crippen LogP contribution in [0.15, 0.2) is 146 Å². The maximum absolute atomic E-state index is 6.69. The highest BCUT2D eigenvalue weighted by Crippen LogP contribution is 2.51. The summed E-state index contributed by atoms with van der Waals surface area (Å²) in [7, 11) is 0. The Morgan fingerprint density at radius 1 is 0.529 bits per heavy atom. The van der Waals surface area contributed by atoms with Crippen LogP contribution in [0, 0.1) is 0 Å². The number of hydrogen-bond donors (Lipinski definition) is 0. The van der Waals surface area contributed by atoms with E-state index in [2.05, 4.69) is 190 Å². The molecule has 5 aromatic carbocycles. The lowest BCUT2D eigenvalue weighted by Crippen LogP contribution is -2.27. The summed E-state index contributed by atoms with van der Waals surface area (Å²) in [6.07, 6.45) is 6.24. The van der Waals surface area contributed by atoms with Crippen LogP contribution in [0.1, 0.15) is 52.7 Å². The van der Waals surface area contributed by atoms with E-state index in [-0.39, 0.29) is 10.8 Å². The summed E-state index contributed by atoms with van der Waals surface area (Å²) >= 11 is 0. The van der Waals surface area contributed by atoms with Crippen molar-refractivity contribution in [2.45, 2.75) is 52.4 Å². The van der Waals surface area contributed by atoms with Crippen molar-refractivity contribution in [1.29, 1.82) is 0 Å². The number of anilines is 5. The van der Waals surface area contributed by atoms with Crippen LogP contribution in [0.25, 0.3) is 22.3 Å². The van der Waals surface area contributed by atoms with Gasteiger partial charge in [0.25, 0.3) is 0 Å². The average Bonchev–Trinajstić information content (AvgIpc) is 3.58. The fourth-order valence-electron chi connectivity index (χ4n) is 7.18. The van der Waals surface area contributed by atoms with Gasteiger partial charge in [0.05, 0.1) is 18.0 Å². The molecule has 5 nitrogen and oxygen atoms in total. The zero-order valence-electron chi connectivity index (χ0n) is 30.3. The molecular weight excluding hydrogens is 625 g/mol. The van der Waals surface area contributed by atoms with Crippen molar-refractivity contribution in [3.05, 3.63) is 157 Å². The monoisotopic (exact) mass is 668 g/mol. The van der Waals surface area contributed by atoms with Gasteiger partial charge in [-0.05, 0) is 81.6 Å². The molecule has 0 unspecified atom stereocenters. The molecule has 0 atom stereocenters. The van der Waals surface area contributed by atoms with Gasteiger partial charge in [-0.25, -0.2) is 4.98 Å². The van der Waals surface area contributed by atoms with E-state index in [1.54, 1.807) is 0 Å². The Balaban J connectivity index is 1.16. The topological polar surface area (TPSA) is 31.8 Å². The van der Waals surface area contributed by atoms with Gasteiger partial charge < -0.3 is 14.5 Å². The predicted molar refractivity (Wildman–Crippen MR) is 213 cm³/mol. The van der Waals surface area contributed by atoms with E-state index in [0.29, 0.717) is 0 Å². The number of rotatable bonds is 5. The number of hydrogen-bond acceptors (Lipinski definition) is 5. The van der Waals surface area contributed by atoms with Crippen molar-refractivity contribution in [1.82, 2.24) is 4.98 Å². The number of para-hydroxylation sites is 2. The Hall–Kier alpha value is -5.81. The number of pyridine rings is 1. The summed E-state index contributed by atoms with van der Waals surface area (Å²) in [5.74, 6) is 2.42. The fourth-order valence-corrected chi connectivity index (χ4v) is 7.18. The molecule has 0 saturated heterocycles. The van der Waals surface area contributed by atoms with Crippen LogP contribution in [-0.2, 0) is 10.8 Å². The van der Waals surface area contributed by atoms with Crippen LogP contribution in [0.3, 0.4) is 0 Å². The largest absolute Gasteiger partial charge is 0.457 e. The second-order valence-corrected chi connectivity index (χ2v) is 15.5. The van der Waals surface area contributed by atoms with E-state index in [9.17, 15) is 0 Å². The van der Waals surface area contributed by atoms with Crippen LogP contribution in [0.4, 0.5) is 28.6 Å². The number of benzene rings is 5. The van der Waals surface area contributed by atoms with E-state index in [1.807, 2.05) is 12.3 Å². The van der Waals surface area contributed by atoms with Crippen LogP contribution in [-0.4, -0.2) is 11.7 Å². The number of ether oxygens (including phenoxy) is 1. The van der Waals surface area contributed by atoms with Gasteiger partial charge in [0.1, 0.15) is 17.3 Å². The fraction of sp³-hybridized carbons (Fsp3) is 0.196. The maximum atomic E-state index is 6.69. The third-order valence-corrected chi connectivity index (χ3v) is 9.84. The van der Waals surface area contributed by atoms with Gasteiger partial charge in [0.15, 0.2) is 0 Å². The van der Waals surface area contributed by atoms with Crippen molar-refractivity contribution < 1.29 is 4.74 Å². The molecule has 2 aliphatic rings. The Kier molecular flexibility index (Phi) is 7.94. The first-order valence-corrected chi connectivity index (χ1v) is 17.7. The van der Waals surface area contributed by atoms with E-state index >= 15 is 0 Å². The minimum atomic E-state index is -0.0254. The number of nitrogens with zero attached hydrogens (tertiary/aromatic N) is 4. The van der Waals surface area contributed by atoms with Crippen molar-refractivity contribution in [3.63, 3.8) is 0 Å². The zero-order chi connectivity index (χ0) is 35.3. The molecule has 0 saturated carbocycles. The quantitative estimate of drug-likeness (QED) is 0.182. The molecule has 5 heteroatoms. The van der Waals surface area contributed by atoms with E-state index < -0.39 is 0 Å². The molecule has 0 N–H and O–H groups in total. The second-order valence-electron chi connectivity index (χ2n) is 15.5. The van der Waals surface area contributed by atoms with E-state index in [0.717, 1.165) is 46.6 Å². The molecule has 0 spiro atoms. The molecule has 0 aliphatic carbocycles. The van der Waals surface area contributed by atoms with Gasteiger partial charge in [-0.1, -0.05) is 108 Å². The van der Waals surface area contributed by atoms with Gasteiger partial charge in [-0.15, -0.1) is 0 Å². The van der Waals surface area contributed by atoms with Gasteiger partial charge in [-0.3, -0.25) is 4.90 Å². The molecule has 8 rings (SSSR count). The third kappa shape index (κ3) is 6.14. The standard InChI is InChI=1S/C46H44N4O/c1-45(2,3)32-24-25-47-44(28-32)50-41-20-11-9-18-38(41)36-16-7-8-17-37(36)39-23-22-35(30-43(39)50)51-34-15-13-14-33(29-34)48-26-27-49(31-48)42-21-12-10-19-40(42)46(4,5)6/h7-30H,31H2,1-6H3. The first-order valence-electron chi connectivity index (χ1n) is 17.7. The van der Waals surface area contributed by atoms with Crippen LogP contribution in [0.5, 0.6) is 11.5 Å². The predicted octanol–water partition coefficient (Wildman–Crippen LogP) is 12.3. The lowest BCUT2D eigenvalue weighted by atomic mass is 9.85. The number of fused-ring (bicyclic) bond motifs is 5. The maximum Gasteiger partial charge on any atom is 0.137 e. The zero-order valence-corrected chi connectivity index (χ0v) is 30.3. The smallest absolute Gasteiger partial charge is 0.137 e. The molecule has 3 heterocycles. The van der Waals surface area contributed by atoms with Gasteiger partial charge >= 0.3 is 0 Å². The molecule has 254 valence electrons. The summed E-state index contributed by atoms with van der Waals surface area (Å²) in [6.45, 7) is 14.3. The highest BCUT2D eigenvalue weighted by molar-refractivity contribution is 6.02. The van der Waals surface area contributed by atoms with Crippen LogP contribution >= 0.6 is 0 Å². The Morgan fingerprint density at radius 2 is 1.18 bits per heavy atom. The Labute approximate surface area is 302 Å². The molecule has 2 aliphatic heterocycles. The third-order valence-electron chi connectivity index (χ3n) is 9.84. The van der Waals surface area contributed by atoms with Crippen LogP contribution < -0.4 is 19.4 Å². The average molecular weight is 669 g/mol. The summed E-state index contributed by atoms with van der Waals surface area (Å²) in [6, 6.07) is 45.1. The summed E-state index contributed by atoms with van der Waals surface area (Å²) in [5.41, 5.74) is 11.7. The highest BCUT2D eigenvalue weighted by Gasteiger charge is 2.28. The first-order chi connectivity index (χ1) is 24.5. The molecule has 1 aromatic heterocycles. The molecule has 0 fully saturated rings. The minimum absolute atomic E-state index is 0.0254. The SMILES string of the molecule is CC(C)(C)c1ccnc(N2c3ccccc3-c3ccccc3-c3ccc(Oc4cccc(N5C=CN(c6ccccc6C(C)(C)C)C5)c4)cc32)c1. The summed E-state index contributed by atoms with van der Waals surface area (Å²) < 4.78 is 6.69. The Morgan fingerprint density at radius 3 is 1.92 bits per heavy atom. The van der Waals surface area contributed by atoms with E-state index in [1.165, 1.54) is 33.5 Å². The van der Waals surface area contributed by atoms with Gasteiger partial charge in [0, 0.05) is 53.2 Å². The number of aromatic nitrogens is 1. The lowest BCUT2D eigenvalue weighted by Gasteiger charge is -2.29. The minimum Gasteiger partial charge on any atom is -0.457 e. The van der Waals surface area contributed by atoms with E-state index in [4.69, 9.17) is 9.72 Å². The highest BCUT2D eigenvalue weighted by atomic mass is 16.5. The molecule has 6 aromatic rings. The molecule has 0 amide bonds. The molecule has 0 radical (unpaired) electrons. The van der Waals surface area contributed by atoms with Gasteiger partial charge in [-0.2, -0.15) is 0 Å². The molecular formula is C46H44N4O. The van der Waals surface area contributed by atoms with Crippen molar-refractivity contribution >= 4 is 28.6 Å². The van der Waals surface area contributed by atoms with Crippen molar-refractivity contribution in [2.75, 3.05) is 21.4 Å². The molecule has 51 heavy (non-hydrogen) atoms. The van der Waals surface area contributed by atoms with Crippen molar-refractivity contribution in [3.8, 4) is 33.8 Å². The van der Waals surface area contributed by atoms with Crippen molar-refractivity contribution in [2.24, 2.45) is 0 Å². The summed E-state index contributed by atoms with van der Waals surface area (Å²) in [5, 5.41) is 0. The summed E-state index contributed by atoms with van der Waals surface area (Å²) in [4.78, 5) is 11.8. The van der Waals surface area contributed by atoms with Gasteiger partial charge in [0.2, 0.25) is 0 Å². The lowest BCUT2D eigenvalue weighted by molar-refractivity contribution is 0.483.